The van der Waals surface area contributed by atoms with E-state index >= 15 is 0 Å². The van der Waals surface area contributed by atoms with Gasteiger partial charge in [0.1, 0.15) is 10.6 Å². The summed E-state index contributed by atoms with van der Waals surface area (Å²) in [4.78, 5) is 23.5. The highest BCUT2D eigenvalue weighted by Gasteiger charge is 2.24. The van der Waals surface area contributed by atoms with Gasteiger partial charge in [-0.15, -0.1) is 0 Å². The zero-order valence-electron chi connectivity index (χ0n) is 14.6. The summed E-state index contributed by atoms with van der Waals surface area (Å²) >= 11 is 5.89. The van der Waals surface area contributed by atoms with Crippen LogP contribution in [0, 0.1) is 0 Å². The molecule has 2 aromatic rings. The maximum Gasteiger partial charge on any atom is 0.339 e. The fourth-order valence-corrected chi connectivity index (χ4v) is 3.73. The summed E-state index contributed by atoms with van der Waals surface area (Å²) in [6, 6.07) is 7.80. The van der Waals surface area contributed by atoms with Gasteiger partial charge >= 0.3 is 11.9 Å². The molecule has 10 heteroatoms. The van der Waals surface area contributed by atoms with E-state index in [-0.39, 0.29) is 32.5 Å². The number of hydrogen-bond acceptors (Lipinski definition) is 7. The lowest BCUT2D eigenvalue weighted by atomic mass is 10.1. The number of halogens is 1. The number of esters is 2. The van der Waals surface area contributed by atoms with Crippen LogP contribution in [-0.2, 0) is 19.5 Å². The van der Waals surface area contributed by atoms with Crippen LogP contribution in [0.25, 0.3) is 0 Å². The summed E-state index contributed by atoms with van der Waals surface area (Å²) in [5.41, 5.74) is -0.206. The number of hydrogen-bond donors (Lipinski definition) is 1. The molecule has 0 amide bonds. The van der Waals surface area contributed by atoms with Crippen LogP contribution in [0.4, 0.5) is 5.69 Å². The smallest absolute Gasteiger partial charge is 0.339 e. The topological polar surface area (TPSA) is 108 Å². The van der Waals surface area contributed by atoms with Gasteiger partial charge < -0.3 is 14.2 Å². The van der Waals surface area contributed by atoms with E-state index in [9.17, 15) is 18.0 Å². The third-order valence-corrected chi connectivity index (χ3v) is 5.13. The molecule has 0 aromatic heterocycles. The van der Waals surface area contributed by atoms with Gasteiger partial charge in [-0.25, -0.2) is 18.0 Å². The molecule has 0 saturated carbocycles. The number of methoxy groups -OCH3 is 3. The summed E-state index contributed by atoms with van der Waals surface area (Å²) < 4.78 is 42.2. The highest BCUT2D eigenvalue weighted by molar-refractivity contribution is 7.92. The van der Waals surface area contributed by atoms with Crippen molar-refractivity contribution in [1.29, 1.82) is 0 Å². The second-order valence-corrected chi connectivity index (χ2v) is 7.23. The minimum atomic E-state index is -4.21. The largest absolute Gasteiger partial charge is 0.495 e. The zero-order valence-corrected chi connectivity index (χ0v) is 16.2. The Morgan fingerprint density at radius 3 is 2.22 bits per heavy atom. The van der Waals surface area contributed by atoms with Crippen molar-refractivity contribution in [1.82, 2.24) is 0 Å². The standard InChI is InChI=1S/C17H16ClNO7S/c1-24-14-7-5-11(18)9-15(14)27(22,23)19-13-8-10(16(20)25-2)4-6-12(13)17(21)26-3/h4-9,19H,1-3H3. The molecule has 0 unspecified atom stereocenters. The Bertz CT molecular complexity index is 989. The van der Waals surface area contributed by atoms with Crippen LogP contribution in [0.2, 0.25) is 5.02 Å². The van der Waals surface area contributed by atoms with E-state index in [2.05, 4.69) is 14.2 Å². The number of carbonyl (C=O) groups is 2. The van der Waals surface area contributed by atoms with E-state index in [1.54, 1.807) is 0 Å². The minimum Gasteiger partial charge on any atom is -0.495 e. The average Bonchev–Trinajstić information content (AvgIpc) is 2.66. The molecule has 27 heavy (non-hydrogen) atoms. The van der Waals surface area contributed by atoms with E-state index in [0.29, 0.717) is 0 Å². The number of anilines is 1. The first-order valence-corrected chi connectivity index (χ1v) is 9.26. The minimum absolute atomic E-state index is 0.0425. The fourth-order valence-electron chi connectivity index (χ4n) is 2.22. The van der Waals surface area contributed by atoms with Crippen molar-refractivity contribution >= 4 is 39.3 Å². The van der Waals surface area contributed by atoms with Crippen LogP contribution in [0.1, 0.15) is 20.7 Å². The maximum atomic E-state index is 12.8. The lowest BCUT2D eigenvalue weighted by Crippen LogP contribution is -2.18. The second kappa shape index (κ2) is 8.28. The van der Waals surface area contributed by atoms with Crippen molar-refractivity contribution < 1.29 is 32.2 Å². The summed E-state index contributed by atoms with van der Waals surface area (Å²) in [6.45, 7) is 0. The fraction of sp³-hybridized carbons (Fsp3) is 0.176. The normalized spacial score (nSPS) is 10.8. The van der Waals surface area contributed by atoms with Gasteiger partial charge in [0.05, 0.1) is 38.1 Å². The quantitative estimate of drug-likeness (QED) is 0.725. The molecule has 0 atom stereocenters. The predicted molar refractivity (Wildman–Crippen MR) is 97.9 cm³/mol. The van der Waals surface area contributed by atoms with Crippen molar-refractivity contribution in [2.75, 3.05) is 26.1 Å². The summed E-state index contributed by atoms with van der Waals surface area (Å²) in [7, 11) is -0.580. The third-order valence-electron chi connectivity index (χ3n) is 3.51. The van der Waals surface area contributed by atoms with Crippen LogP contribution in [-0.4, -0.2) is 41.7 Å². The van der Waals surface area contributed by atoms with E-state index < -0.39 is 22.0 Å². The van der Waals surface area contributed by atoms with Gasteiger partial charge in [-0.05, 0) is 36.4 Å². The van der Waals surface area contributed by atoms with Crippen LogP contribution in [0.3, 0.4) is 0 Å². The first-order chi connectivity index (χ1) is 12.7. The van der Waals surface area contributed by atoms with Gasteiger partial charge in [-0.3, -0.25) is 4.72 Å². The molecule has 0 aliphatic carbocycles. The molecule has 144 valence electrons. The van der Waals surface area contributed by atoms with Gasteiger partial charge in [0.25, 0.3) is 10.0 Å². The van der Waals surface area contributed by atoms with Gasteiger partial charge in [0.2, 0.25) is 0 Å². The molecule has 0 saturated heterocycles. The van der Waals surface area contributed by atoms with Gasteiger partial charge in [-0.1, -0.05) is 11.6 Å². The van der Waals surface area contributed by atoms with Crippen LogP contribution < -0.4 is 9.46 Å². The monoisotopic (exact) mass is 413 g/mol. The summed E-state index contributed by atoms with van der Waals surface area (Å²) in [6.07, 6.45) is 0. The highest BCUT2D eigenvalue weighted by atomic mass is 35.5. The molecule has 0 fully saturated rings. The summed E-state index contributed by atoms with van der Waals surface area (Å²) in [5.74, 6) is -1.44. The molecule has 2 aromatic carbocycles. The molecular weight excluding hydrogens is 398 g/mol. The first-order valence-electron chi connectivity index (χ1n) is 7.40. The van der Waals surface area contributed by atoms with Crippen molar-refractivity contribution in [3.05, 3.63) is 52.5 Å². The second-order valence-electron chi connectivity index (χ2n) is 5.14. The molecule has 0 radical (unpaired) electrons. The molecule has 0 bridgehead atoms. The van der Waals surface area contributed by atoms with Crippen molar-refractivity contribution in [3.8, 4) is 5.75 Å². The Labute approximate surface area is 161 Å². The molecule has 1 N–H and O–H groups in total. The number of rotatable bonds is 6. The van der Waals surface area contributed by atoms with Crippen LogP contribution >= 0.6 is 11.6 Å². The molecule has 2 rings (SSSR count). The molecule has 0 spiro atoms. The maximum absolute atomic E-state index is 12.8. The number of nitrogens with one attached hydrogen (secondary N) is 1. The Morgan fingerprint density at radius 2 is 1.63 bits per heavy atom. The number of sulfonamides is 1. The van der Waals surface area contributed by atoms with E-state index in [1.807, 2.05) is 0 Å². The van der Waals surface area contributed by atoms with Crippen LogP contribution in [0.5, 0.6) is 5.75 Å². The lowest BCUT2D eigenvalue weighted by molar-refractivity contribution is 0.0587. The number of ether oxygens (including phenoxy) is 3. The number of carbonyl (C=O) groups excluding carboxylic acids is 2. The number of benzene rings is 2. The molecule has 0 heterocycles. The molecule has 8 nitrogen and oxygen atoms in total. The molecular formula is C17H16ClNO7S. The molecule has 0 aliphatic heterocycles. The zero-order chi connectivity index (χ0) is 20.2. The van der Waals surface area contributed by atoms with E-state index in [1.165, 1.54) is 50.6 Å². The van der Waals surface area contributed by atoms with Gasteiger partial charge in [0.15, 0.2) is 0 Å². The third kappa shape index (κ3) is 4.50. The van der Waals surface area contributed by atoms with E-state index in [4.69, 9.17) is 16.3 Å². The SMILES string of the molecule is COC(=O)c1ccc(C(=O)OC)c(NS(=O)(=O)c2cc(Cl)ccc2OC)c1. The van der Waals surface area contributed by atoms with Crippen molar-refractivity contribution in [2.24, 2.45) is 0 Å². The Kier molecular flexibility index (Phi) is 6.29. The van der Waals surface area contributed by atoms with Gasteiger partial charge in [-0.2, -0.15) is 0 Å². The molecule has 0 aliphatic rings. The Morgan fingerprint density at radius 1 is 0.963 bits per heavy atom. The average molecular weight is 414 g/mol. The first kappa shape index (κ1) is 20.5. The summed E-state index contributed by atoms with van der Waals surface area (Å²) in [5, 5.41) is 0.174. The highest BCUT2D eigenvalue weighted by Crippen LogP contribution is 2.30. The van der Waals surface area contributed by atoms with Gasteiger partial charge in [0, 0.05) is 5.02 Å². The van der Waals surface area contributed by atoms with Crippen LogP contribution in [0.15, 0.2) is 41.3 Å². The Balaban J connectivity index is 2.58. The van der Waals surface area contributed by atoms with E-state index in [0.717, 1.165) is 7.11 Å². The van der Waals surface area contributed by atoms with Crippen molar-refractivity contribution in [2.45, 2.75) is 4.90 Å². The lowest BCUT2D eigenvalue weighted by Gasteiger charge is -2.15. The predicted octanol–water partition coefficient (Wildman–Crippen LogP) is 2.72. The van der Waals surface area contributed by atoms with Crippen molar-refractivity contribution in [3.63, 3.8) is 0 Å². The Hall–Kier alpha value is -2.78.